The van der Waals surface area contributed by atoms with Crippen LogP contribution in [0.5, 0.6) is 0 Å². The van der Waals surface area contributed by atoms with Crippen LogP contribution in [0, 0.1) is 12.5 Å². The first kappa shape index (κ1) is 18.0. The van der Waals surface area contributed by atoms with Crippen molar-refractivity contribution in [1.29, 1.82) is 0 Å². The van der Waals surface area contributed by atoms with Crippen LogP contribution >= 0.6 is 0 Å². The number of carbonyl (C=O) groups excluding carboxylic acids is 1. The van der Waals surface area contributed by atoms with E-state index in [2.05, 4.69) is 29.7 Å². The predicted molar refractivity (Wildman–Crippen MR) is 106 cm³/mol. The summed E-state index contributed by atoms with van der Waals surface area (Å²) >= 11 is 0. The molecule has 0 spiro atoms. The van der Waals surface area contributed by atoms with E-state index < -0.39 is 0 Å². The number of rotatable bonds is 4. The zero-order valence-electron chi connectivity index (χ0n) is 15.5. The van der Waals surface area contributed by atoms with Crippen LogP contribution in [0.15, 0.2) is 48.5 Å². The van der Waals surface area contributed by atoms with Gasteiger partial charge in [0.2, 0.25) is 0 Å². The predicted octanol–water partition coefficient (Wildman–Crippen LogP) is 4.40. The number of nitrogens with zero attached hydrogens (tertiary/aromatic N) is 3. The van der Waals surface area contributed by atoms with E-state index in [-0.39, 0.29) is 5.91 Å². The summed E-state index contributed by atoms with van der Waals surface area (Å²) in [6.07, 6.45) is 0.915. The molecule has 1 aliphatic rings. The van der Waals surface area contributed by atoms with Crippen molar-refractivity contribution in [3.8, 4) is 0 Å². The number of hydrogen-bond acceptors (Lipinski definition) is 2. The highest BCUT2D eigenvalue weighted by atomic mass is 16.2. The molecule has 1 amide bonds. The van der Waals surface area contributed by atoms with Gasteiger partial charge in [0.25, 0.3) is 5.91 Å². The third kappa shape index (κ3) is 4.05. The molecule has 134 valence electrons. The molecule has 0 saturated carbocycles. The van der Waals surface area contributed by atoms with Gasteiger partial charge < -0.3 is 9.80 Å². The summed E-state index contributed by atoms with van der Waals surface area (Å²) in [5.41, 5.74) is 3.78. The number of piperazine rings is 1. The molecule has 1 fully saturated rings. The molecule has 0 radical (unpaired) electrons. The van der Waals surface area contributed by atoms with Crippen molar-refractivity contribution in [3.05, 3.63) is 71.1 Å². The van der Waals surface area contributed by atoms with Gasteiger partial charge in [-0.2, -0.15) is 0 Å². The van der Waals surface area contributed by atoms with Crippen molar-refractivity contribution < 1.29 is 4.79 Å². The summed E-state index contributed by atoms with van der Waals surface area (Å²) < 4.78 is 0. The lowest BCUT2D eigenvalue weighted by Gasteiger charge is -2.36. The minimum atomic E-state index is 0.106. The average molecular weight is 347 g/mol. The van der Waals surface area contributed by atoms with Crippen molar-refractivity contribution in [3.63, 3.8) is 0 Å². The van der Waals surface area contributed by atoms with Crippen LogP contribution in [0.4, 0.5) is 11.4 Å². The van der Waals surface area contributed by atoms with E-state index in [1.165, 1.54) is 0 Å². The molecule has 0 aromatic heterocycles. The van der Waals surface area contributed by atoms with Gasteiger partial charge in [0.1, 0.15) is 0 Å². The highest BCUT2D eigenvalue weighted by molar-refractivity contribution is 5.94. The maximum atomic E-state index is 12.6. The molecule has 1 aliphatic heterocycles. The largest absolute Gasteiger partial charge is 0.368 e. The molecule has 0 atom stereocenters. The van der Waals surface area contributed by atoms with Crippen LogP contribution in [0.3, 0.4) is 0 Å². The van der Waals surface area contributed by atoms with Gasteiger partial charge in [0.15, 0.2) is 5.69 Å². The Labute approximate surface area is 155 Å². The Balaban J connectivity index is 1.68. The Morgan fingerprint density at radius 2 is 1.77 bits per heavy atom. The first-order chi connectivity index (χ1) is 12.6. The average Bonchev–Trinajstić information content (AvgIpc) is 2.68. The summed E-state index contributed by atoms with van der Waals surface area (Å²) in [7, 11) is 0. The molecule has 1 saturated heterocycles. The maximum absolute atomic E-state index is 12.6. The molecule has 2 aromatic rings. The van der Waals surface area contributed by atoms with E-state index in [9.17, 15) is 4.79 Å². The third-order valence-corrected chi connectivity index (χ3v) is 4.76. The van der Waals surface area contributed by atoms with E-state index in [1.54, 1.807) is 0 Å². The van der Waals surface area contributed by atoms with Gasteiger partial charge in [-0.25, -0.2) is 4.85 Å². The Morgan fingerprint density at radius 3 is 2.38 bits per heavy atom. The number of hydrogen-bond donors (Lipinski definition) is 0. The van der Waals surface area contributed by atoms with Gasteiger partial charge in [0.05, 0.1) is 6.57 Å². The molecular formula is C22H25N3O. The summed E-state index contributed by atoms with van der Waals surface area (Å²) in [6.45, 7) is 14.8. The van der Waals surface area contributed by atoms with E-state index in [4.69, 9.17) is 6.57 Å². The minimum absolute atomic E-state index is 0.106. The Kier molecular flexibility index (Phi) is 5.58. The molecule has 0 aliphatic carbocycles. The first-order valence-corrected chi connectivity index (χ1v) is 9.18. The third-order valence-electron chi connectivity index (χ3n) is 4.76. The molecule has 0 unspecified atom stereocenters. The highest BCUT2D eigenvalue weighted by Crippen LogP contribution is 2.28. The molecule has 4 nitrogen and oxygen atoms in total. The summed E-state index contributed by atoms with van der Waals surface area (Å²) in [5, 5.41) is 0. The number of benzene rings is 2. The van der Waals surface area contributed by atoms with Crippen molar-refractivity contribution in [1.82, 2.24) is 4.90 Å². The summed E-state index contributed by atoms with van der Waals surface area (Å²) in [4.78, 5) is 20.5. The van der Waals surface area contributed by atoms with E-state index in [1.807, 2.05) is 47.4 Å². The van der Waals surface area contributed by atoms with Crippen molar-refractivity contribution in [2.24, 2.45) is 5.92 Å². The van der Waals surface area contributed by atoms with Gasteiger partial charge in [-0.05, 0) is 42.2 Å². The van der Waals surface area contributed by atoms with E-state index in [0.717, 1.165) is 55.1 Å². The molecule has 26 heavy (non-hydrogen) atoms. The zero-order chi connectivity index (χ0) is 18.5. The Bertz CT molecular complexity index is 800. The second kappa shape index (κ2) is 8.05. The molecule has 4 heteroatoms. The molecule has 1 heterocycles. The Morgan fingerprint density at radius 1 is 1.08 bits per heavy atom. The normalized spacial score (nSPS) is 14.4. The maximum Gasteiger partial charge on any atom is 0.253 e. The van der Waals surface area contributed by atoms with Crippen molar-refractivity contribution in [2.75, 3.05) is 31.1 Å². The smallest absolute Gasteiger partial charge is 0.253 e. The van der Waals surface area contributed by atoms with Gasteiger partial charge in [-0.3, -0.25) is 4.79 Å². The van der Waals surface area contributed by atoms with E-state index >= 15 is 0 Å². The van der Waals surface area contributed by atoms with Gasteiger partial charge in [-0.1, -0.05) is 38.1 Å². The molecule has 2 aromatic carbocycles. The molecule has 3 rings (SSSR count). The highest BCUT2D eigenvalue weighted by Gasteiger charge is 2.22. The lowest BCUT2D eigenvalue weighted by atomic mass is 10.0. The fourth-order valence-corrected chi connectivity index (χ4v) is 3.41. The van der Waals surface area contributed by atoms with Crippen molar-refractivity contribution >= 4 is 17.3 Å². The minimum Gasteiger partial charge on any atom is -0.368 e. The second-order valence-corrected chi connectivity index (χ2v) is 7.17. The lowest BCUT2D eigenvalue weighted by molar-refractivity contribution is 0.0747. The van der Waals surface area contributed by atoms with Crippen LogP contribution in [-0.4, -0.2) is 37.0 Å². The second-order valence-electron chi connectivity index (χ2n) is 7.17. The Hall–Kier alpha value is -2.80. The molecule has 0 N–H and O–H groups in total. The topological polar surface area (TPSA) is 27.9 Å². The summed E-state index contributed by atoms with van der Waals surface area (Å²) in [5.74, 6) is 0.625. The van der Waals surface area contributed by atoms with Crippen LogP contribution in [-0.2, 0) is 6.42 Å². The fraction of sp³-hybridized carbons (Fsp3) is 0.364. The zero-order valence-corrected chi connectivity index (χ0v) is 15.5. The molecular weight excluding hydrogens is 322 g/mol. The van der Waals surface area contributed by atoms with Gasteiger partial charge in [-0.15, -0.1) is 0 Å². The fourth-order valence-electron chi connectivity index (χ4n) is 3.41. The van der Waals surface area contributed by atoms with E-state index in [0.29, 0.717) is 5.92 Å². The van der Waals surface area contributed by atoms with Crippen LogP contribution in [0.25, 0.3) is 4.85 Å². The lowest BCUT2D eigenvalue weighted by Crippen LogP contribution is -2.48. The first-order valence-electron chi connectivity index (χ1n) is 9.18. The van der Waals surface area contributed by atoms with Gasteiger partial charge >= 0.3 is 0 Å². The quantitative estimate of drug-likeness (QED) is 0.767. The standard InChI is InChI=1S/C22H25N3O/c1-17(2)15-19-16-20(9-10-21(19)23-3)24-11-13-25(14-12-24)22(26)18-7-5-4-6-8-18/h4-10,16-17H,11-15H2,1-2H3. The monoisotopic (exact) mass is 347 g/mol. The van der Waals surface area contributed by atoms with Crippen LogP contribution < -0.4 is 4.90 Å². The molecule has 0 bridgehead atoms. The van der Waals surface area contributed by atoms with Gasteiger partial charge in [0, 0.05) is 37.4 Å². The van der Waals surface area contributed by atoms with Crippen molar-refractivity contribution in [2.45, 2.75) is 20.3 Å². The van der Waals surface area contributed by atoms with Crippen LogP contribution in [0.2, 0.25) is 0 Å². The summed E-state index contributed by atoms with van der Waals surface area (Å²) in [6, 6.07) is 15.6. The van der Waals surface area contributed by atoms with Crippen LogP contribution in [0.1, 0.15) is 29.8 Å². The number of carbonyl (C=O) groups is 1. The number of anilines is 1. The number of amides is 1. The SMILES string of the molecule is [C-]#[N+]c1ccc(N2CCN(C(=O)c3ccccc3)CC2)cc1CC(C)C.